The molecule has 7 rings (SSSR count). The largest absolute Gasteiger partial charge is 0.504 e. The van der Waals surface area contributed by atoms with Gasteiger partial charge in [-0.3, -0.25) is 14.5 Å². The van der Waals surface area contributed by atoms with Crippen LogP contribution in [0.4, 0.5) is 0 Å². The molecule has 2 bridgehead atoms. The number of amides is 1. The standard InChI is InChI=1S/C23H26N2O6/c26-13-4-3-12-16-18(13)31-20-21(16)7-8-25(10-11-1-2-11)19(17(12)29)23(21,30)6-5-22(20)14(27)9-15(28)24-22/h3-4,11,17,19-20,26,29-30H,1-2,5-10H2,(H,24,28)/t17-,19-,20-,21+,22-,23-/m1/s1. The van der Waals surface area contributed by atoms with Crippen molar-refractivity contribution in [2.24, 2.45) is 5.92 Å². The van der Waals surface area contributed by atoms with Crippen molar-refractivity contribution in [2.75, 3.05) is 13.1 Å². The Hall–Kier alpha value is -2.16. The molecule has 6 atom stereocenters. The van der Waals surface area contributed by atoms with Gasteiger partial charge in [0, 0.05) is 12.1 Å². The number of fused-ring (bicyclic) bond motifs is 1. The maximum absolute atomic E-state index is 13.1. The molecule has 4 fully saturated rings. The first kappa shape index (κ1) is 18.4. The number of hydrogen-bond donors (Lipinski definition) is 4. The molecule has 3 heterocycles. The smallest absolute Gasteiger partial charge is 0.228 e. The van der Waals surface area contributed by atoms with Crippen LogP contribution in [0.5, 0.6) is 11.5 Å². The molecular weight excluding hydrogens is 400 g/mol. The molecule has 8 nitrogen and oxygen atoms in total. The molecule has 1 aromatic carbocycles. The second kappa shape index (κ2) is 5.42. The van der Waals surface area contributed by atoms with Crippen molar-refractivity contribution >= 4 is 11.7 Å². The fraction of sp³-hybridized carbons (Fsp3) is 0.652. The van der Waals surface area contributed by atoms with E-state index in [4.69, 9.17) is 4.74 Å². The van der Waals surface area contributed by atoms with E-state index in [0.717, 1.165) is 6.54 Å². The van der Waals surface area contributed by atoms with Gasteiger partial charge in [0.25, 0.3) is 0 Å². The highest BCUT2D eigenvalue weighted by Gasteiger charge is 2.79. The number of piperidine rings is 1. The molecular formula is C23H26N2O6. The molecule has 4 N–H and O–H groups in total. The van der Waals surface area contributed by atoms with E-state index >= 15 is 0 Å². The SMILES string of the molecule is O=C1CC(=O)[C@@]2(CC[C@@]3(O)[C@H]4[C@H](O)c5ccc(O)c6c5[C@@]3(CCN4CC3CC3)[C@H]2O6)N1. The molecule has 1 amide bonds. The number of aliphatic hydroxyl groups is 2. The van der Waals surface area contributed by atoms with Gasteiger partial charge in [-0.15, -0.1) is 0 Å². The number of carbonyl (C=O) groups is 2. The van der Waals surface area contributed by atoms with E-state index in [1.165, 1.54) is 18.9 Å². The highest BCUT2D eigenvalue weighted by Crippen LogP contribution is 2.69. The molecule has 31 heavy (non-hydrogen) atoms. The molecule has 6 aliphatic rings. The summed E-state index contributed by atoms with van der Waals surface area (Å²) < 4.78 is 6.33. The lowest BCUT2D eigenvalue weighted by Gasteiger charge is -2.66. The van der Waals surface area contributed by atoms with Gasteiger partial charge in [-0.25, -0.2) is 0 Å². The van der Waals surface area contributed by atoms with Crippen LogP contribution in [0.15, 0.2) is 12.1 Å². The summed E-state index contributed by atoms with van der Waals surface area (Å²) in [6, 6.07) is 2.72. The minimum Gasteiger partial charge on any atom is -0.504 e. The zero-order valence-electron chi connectivity index (χ0n) is 17.1. The Labute approximate surface area is 179 Å². The van der Waals surface area contributed by atoms with Crippen molar-refractivity contribution in [3.05, 3.63) is 23.3 Å². The lowest BCUT2D eigenvalue weighted by Crippen LogP contribution is -2.82. The summed E-state index contributed by atoms with van der Waals surface area (Å²) in [5, 5.41) is 37.4. The number of likely N-dealkylation sites (tertiary alicyclic amines) is 1. The Morgan fingerprint density at radius 2 is 2.00 bits per heavy atom. The van der Waals surface area contributed by atoms with Gasteiger partial charge in [0.2, 0.25) is 5.91 Å². The molecule has 0 aromatic heterocycles. The Kier molecular flexibility index (Phi) is 3.22. The Bertz CT molecular complexity index is 1050. The van der Waals surface area contributed by atoms with Gasteiger partial charge in [0.1, 0.15) is 11.6 Å². The number of ketones is 1. The highest BCUT2D eigenvalue weighted by atomic mass is 16.5. The summed E-state index contributed by atoms with van der Waals surface area (Å²) in [4.78, 5) is 27.6. The number of carbonyl (C=O) groups excluding carboxylic acids is 2. The van der Waals surface area contributed by atoms with Gasteiger partial charge in [-0.05, 0) is 56.2 Å². The number of Topliss-reactive ketones (excluding diaryl/α,β-unsaturated/α-hetero) is 1. The molecule has 3 aliphatic carbocycles. The van der Waals surface area contributed by atoms with E-state index in [0.29, 0.717) is 30.0 Å². The van der Waals surface area contributed by atoms with Crippen molar-refractivity contribution in [3.63, 3.8) is 0 Å². The second-order valence-corrected chi connectivity index (χ2v) is 10.5. The minimum atomic E-state index is -1.32. The van der Waals surface area contributed by atoms with Crippen LogP contribution >= 0.6 is 0 Å². The molecule has 0 radical (unpaired) electrons. The van der Waals surface area contributed by atoms with Crippen LogP contribution in [0.1, 0.15) is 55.8 Å². The van der Waals surface area contributed by atoms with Crippen molar-refractivity contribution in [1.82, 2.24) is 10.2 Å². The summed E-state index contributed by atoms with van der Waals surface area (Å²) >= 11 is 0. The summed E-state index contributed by atoms with van der Waals surface area (Å²) in [5.74, 6) is 0.236. The van der Waals surface area contributed by atoms with Crippen molar-refractivity contribution in [3.8, 4) is 11.5 Å². The number of ether oxygens (including phenoxy) is 1. The number of phenolic OH excluding ortho intramolecular Hbond substituents is 1. The number of rotatable bonds is 2. The summed E-state index contributed by atoms with van der Waals surface area (Å²) in [7, 11) is 0. The second-order valence-electron chi connectivity index (χ2n) is 10.5. The van der Waals surface area contributed by atoms with Crippen molar-refractivity contribution < 1.29 is 29.6 Å². The summed E-state index contributed by atoms with van der Waals surface area (Å²) in [5.41, 5.74) is -2.22. The van der Waals surface area contributed by atoms with Crippen LogP contribution < -0.4 is 10.1 Å². The third-order valence-electron chi connectivity index (χ3n) is 9.08. The molecule has 3 aliphatic heterocycles. The topological polar surface area (TPSA) is 119 Å². The van der Waals surface area contributed by atoms with Crippen molar-refractivity contribution in [1.29, 1.82) is 0 Å². The number of aliphatic hydroxyl groups excluding tert-OH is 1. The predicted octanol–water partition coefficient (Wildman–Crippen LogP) is 0.275. The molecule has 1 aromatic rings. The third-order valence-corrected chi connectivity index (χ3v) is 9.08. The predicted molar refractivity (Wildman–Crippen MR) is 107 cm³/mol. The normalized spacial score (nSPS) is 44.9. The Morgan fingerprint density at radius 3 is 2.71 bits per heavy atom. The third kappa shape index (κ3) is 1.90. The van der Waals surface area contributed by atoms with Gasteiger partial charge in [0.05, 0.1) is 29.6 Å². The number of hydrogen-bond acceptors (Lipinski definition) is 7. The molecule has 2 saturated carbocycles. The molecule has 164 valence electrons. The molecule has 0 unspecified atom stereocenters. The lowest BCUT2D eigenvalue weighted by molar-refractivity contribution is -0.225. The number of nitrogens with zero attached hydrogens (tertiary/aromatic N) is 1. The first-order valence-electron chi connectivity index (χ1n) is 11.3. The Balaban J connectivity index is 1.48. The lowest BCUT2D eigenvalue weighted by atomic mass is 9.45. The number of phenols is 1. The van der Waals surface area contributed by atoms with Crippen LogP contribution in [0.2, 0.25) is 0 Å². The van der Waals surface area contributed by atoms with E-state index < -0.39 is 34.8 Å². The fourth-order valence-electron chi connectivity index (χ4n) is 7.66. The van der Waals surface area contributed by atoms with E-state index in [9.17, 15) is 24.9 Å². The first-order valence-corrected chi connectivity index (χ1v) is 11.3. The van der Waals surface area contributed by atoms with Crippen LogP contribution in [-0.4, -0.2) is 68.3 Å². The monoisotopic (exact) mass is 426 g/mol. The van der Waals surface area contributed by atoms with Gasteiger partial charge >= 0.3 is 0 Å². The van der Waals surface area contributed by atoms with Gasteiger partial charge in [-0.2, -0.15) is 0 Å². The average molecular weight is 426 g/mol. The van der Waals surface area contributed by atoms with E-state index in [1.807, 2.05) is 0 Å². The maximum Gasteiger partial charge on any atom is 0.228 e. The average Bonchev–Trinajstić information content (AvgIpc) is 3.39. The molecule has 2 saturated heterocycles. The summed E-state index contributed by atoms with van der Waals surface area (Å²) in [6.07, 6.45) is 1.50. The molecule has 2 spiro atoms. The van der Waals surface area contributed by atoms with Crippen LogP contribution in [0.3, 0.4) is 0 Å². The number of nitrogens with one attached hydrogen (secondary N) is 1. The van der Waals surface area contributed by atoms with Gasteiger partial charge < -0.3 is 25.4 Å². The van der Waals surface area contributed by atoms with Crippen molar-refractivity contribution in [2.45, 2.75) is 73.3 Å². The Morgan fingerprint density at radius 1 is 1.19 bits per heavy atom. The van der Waals surface area contributed by atoms with Gasteiger partial charge in [-0.1, -0.05) is 6.07 Å². The minimum absolute atomic E-state index is 0.0668. The van der Waals surface area contributed by atoms with E-state index in [1.54, 1.807) is 6.07 Å². The maximum atomic E-state index is 13.1. The molecule has 8 heteroatoms. The number of benzene rings is 1. The van der Waals surface area contributed by atoms with Crippen LogP contribution in [0.25, 0.3) is 0 Å². The zero-order valence-corrected chi connectivity index (χ0v) is 17.1. The first-order chi connectivity index (χ1) is 14.8. The van der Waals surface area contributed by atoms with Crippen LogP contribution in [-0.2, 0) is 15.0 Å². The quantitative estimate of drug-likeness (QED) is 0.502. The van der Waals surface area contributed by atoms with Crippen LogP contribution in [0, 0.1) is 5.92 Å². The highest BCUT2D eigenvalue weighted by molar-refractivity contribution is 6.11. The van der Waals surface area contributed by atoms with E-state index in [2.05, 4.69) is 10.2 Å². The van der Waals surface area contributed by atoms with E-state index in [-0.39, 0.29) is 42.5 Å². The zero-order chi connectivity index (χ0) is 21.3. The summed E-state index contributed by atoms with van der Waals surface area (Å²) in [6.45, 7) is 1.50. The number of aromatic hydroxyl groups is 1. The fourth-order valence-corrected chi connectivity index (χ4v) is 7.66. The van der Waals surface area contributed by atoms with Gasteiger partial charge in [0.15, 0.2) is 17.3 Å².